The maximum atomic E-state index is 12.8. The van der Waals surface area contributed by atoms with Crippen LogP contribution in [-0.4, -0.2) is 78.6 Å². The lowest BCUT2D eigenvalue weighted by Gasteiger charge is -2.35. The molecule has 166 valence electrons. The number of nitrogens with zero attached hydrogens (tertiary/aromatic N) is 4. The van der Waals surface area contributed by atoms with Crippen LogP contribution in [0.1, 0.15) is 29.9 Å². The van der Waals surface area contributed by atoms with E-state index in [0.29, 0.717) is 31.7 Å². The molecule has 1 aliphatic rings. The van der Waals surface area contributed by atoms with Gasteiger partial charge in [0.1, 0.15) is 0 Å². The Morgan fingerprint density at radius 1 is 1.00 bits per heavy atom. The van der Waals surface area contributed by atoms with Crippen molar-refractivity contribution >= 4 is 21.8 Å². The normalized spacial score (nSPS) is 14.9. The maximum absolute atomic E-state index is 12.8. The van der Waals surface area contributed by atoms with Crippen molar-refractivity contribution < 1.29 is 18.0 Å². The number of hydrogen-bond donors (Lipinski definition) is 0. The zero-order valence-electron chi connectivity index (χ0n) is 18.1. The smallest absolute Gasteiger partial charge is 0.253 e. The number of amides is 2. The fraction of sp³-hybridized carbons (Fsp3) is 0.409. The van der Waals surface area contributed by atoms with Gasteiger partial charge in [-0.15, -0.1) is 0 Å². The van der Waals surface area contributed by atoms with Crippen LogP contribution in [-0.2, 0) is 21.2 Å². The molecular weight excluding hydrogens is 416 g/mol. The van der Waals surface area contributed by atoms with E-state index in [1.165, 1.54) is 23.5 Å². The Hall–Kier alpha value is -2.78. The second-order valence-electron chi connectivity index (χ2n) is 7.81. The lowest BCUT2D eigenvalue weighted by Crippen LogP contribution is -2.51. The number of sulfonamides is 1. The van der Waals surface area contributed by atoms with E-state index in [1.54, 1.807) is 42.0 Å². The highest BCUT2D eigenvalue weighted by molar-refractivity contribution is 7.89. The van der Waals surface area contributed by atoms with Gasteiger partial charge in [0.25, 0.3) is 5.91 Å². The van der Waals surface area contributed by atoms with Crippen LogP contribution in [0.2, 0.25) is 0 Å². The van der Waals surface area contributed by atoms with E-state index >= 15 is 0 Å². The first-order chi connectivity index (χ1) is 14.7. The molecule has 0 unspecified atom stereocenters. The largest absolute Gasteiger partial charge is 0.339 e. The molecule has 1 fully saturated rings. The molecule has 0 aliphatic carbocycles. The summed E-state index contributed by atoms with van der Waals surface area (Å²) in [6.45, 7) is 5.39. The topological polar surface area (TPSA) is 90.9 Å². The van der Waals surface area contributed by atoms with Gasteiger partial charge in [0, 0.05) is 56.7 Å². The third-order valence-corrected chi connectivity index (χ3v) is 7.53. The van der Waals surface area contributed by atoms with Crippen molar-refractivity contribution in [2.75, 3.05) is 33.2 Å². The molecule has 0 bridgehead atoms. The van der Waals surface area contributed by atoms with Crippen molar-refractivity contribution in [1.29, 1.82) is 0 Å². The molecule has 1 aromatic carbocycles. The average molecular weight is 445 g/mol. The molecule has 1 aliphatic heterocycles. The van der Waals surface area contributed by atoms with Crippen LogP contribution < -0.4 is 0 Å². The maximum Gasteiger partial charge on any atom is 0.253 e. The molecule has 2 aromatic rings. The summed E-state index contributed by atoms with van der Waals surface area (Å²) in [5.74, 6) is -0.174. The number of carbonyl (C=O) groups is 2. The van der Waals surface area contributed by atoms with Crippen molar-refractivity contribution in [3.8, 4) is 0 Å². The fourth-order valence-corrected chi connectivity index (χ4v) is 4.69. The van der Waals surface area contributed by atoms with Gasteiger partial charge in [0.05, 0.1) is 11.3 Å². The summed E-state index contributed by atoms with van der Waals surface area (Å²) in [6.07, 6.45) is 1.91. The summed E-state index contributed by atoms with van der Waals surface area (Å²) < 4.78 is 26.4. The SMILES string of the molecule is CC(C)N(C)S(=O)(=O)c1ccc(C(=O)N2CCN(C(=O)Cc3ccccn3)CC2)cc1. The Bertz CT molecular complexity index is 1020. The monoisotopic (exact) mass is 444 g/mol. The third kappa shape index (κ3) is 5.29. The predicted molar refractivity (Wildman–Crippen MR) is 117 cm³/mol. The minimum absolute atomic E-state index is 0.00497. The molecule has 2 amide bonds. The molecule has 8 nitrogen and oxygen atoms in total. The van der Waals surface area contributed by atoms with Gasteiger partial charge >= 0.3 is 0 Å². The quantitative estimate of drug-likeness (QED) is 0.676. The summed E-state index contributed by atoms with van der Waals surface area (Å²) >= 11 is 0. The van der Waals surface area contributed by atoms with Gasteiger partial charge < -0.3 is 9.80 Å². The Kier molecular flexibility index (Phi) is 7.07. The van der Waals surface area contributed by atoms with Crippen molar-refractivity contribution in [2.45, 2.75) is 31.2 Å². The highest BCUT2D eigenvalue weighted by atomic mass is 32.2. The van der Waals surface area contributed by atoms with E-state index in [9.17, 15) is 18.0 Å². The molecule has 0 spiro atoms. The molecule has 0 atom stereocenters. The molecule has 9 heteroatoms. The van der Waals surface area contributed by atoms with E-state index in [2.05, 4.69) is 4.98 Å². The van der Waals surface area contributed by atoms with E-state index in [4.69, 9.17) is 0 Å². The highest BCUT2D eigenvalue weighted by Gasteiger charge is 2.26. The van der Waals surface area contributed by atoms with E-state index in [1.807, 2.05) is 18.2 Å². The van der Waals surface area contributed by atoms with Gasteiger partial charge in [-0.25, -0.2) is 8.42 Å². The number of carbonyl (C=O) groups excluding carboxylic acids is 2. The molecule has 2 heterocycles. The van der Waals surface area contributed by atoms with Crippen LogP contribution >= 0.6 is 0 Å². The van der Waals surface area contributed by atoms with Crippen LogP contribution in [0.3, 0.4) is 0 Å². The van der Waals surface area contributed by atoms with E-state index in [0.717, 1.165) is 5.69 Å². The molecule has 1 aromatic heterocycles. The molecule has 1 saturated heterocycles. The standard InChI is InChI=1S/C22H28N4O4S/c1-17(2)24(3)31(29,30)20-9-7-18(8-10-20)22(28)26-14-12-25(13-15-26)21(27)16-19-6-4-5-11-23-19/h4-11,17H,12-16H2,1-3H3. The lowest BCUT2D eigenvalue weighted by molar-refractivity contribution is -0.132. The summed E-state index contributed by atoms with van der Waals surface area (Å²) in [5.41, 5.74) is 1.16. The predicted octanol–water partition coefficient (Wildman–Crippen LogP) is 1.64. The molecule has 31 heavy (non-hydrogen) atoms. The second-order valence-corrected chi connectivity index (χ2v) is 9.81. The first-order valence-electron chi connectivity index (χ1n) is 10.2. The Balaban J connectivity index is 1.59. The second kappa shape index (κ2) is 9.57. The van der Waals surface area contributed by atoms with Gasteiger partial charge in [0.15, 0.2) is 0 Å². The Morgan fingerprint density at radius 2 is 1.61 bits per heavy atom. The number of benzene rings is 1. The summed E-state index contributed by atoms with van der Waals surface area (Å²) in [7, 11) is -2.05. The van der Waals surface area contributed by atoms with Crippen molar-refractivity contribution in [3.05, 3.63) is 59.9 Å². The van der Waals surface area contributed by atoms with Crippen molar-refractivity contribution in [3.63, 3.8) is 0 Å². The van der Waals surface area contributed by atoms with E-state index < -0.39 is 10.0 Å². The molecule has 0 radical (unpaired) electrons. The number of aromatic nitrogens is 1. The van der Waals surface area contributed by atoms with Crippen LogP contribution in [0.5, 0.6) is 0 Å². The van der Waals surface area contributed by atoms with Gasteiger partial charge in [-0.3, -0.25) is 14.6 Å². The molecule has 0 N–H and O–H groups in total. The summed E-state index contributed by atoms with van der Waals surface area (Å²) in [5, 5.41) is 0. The first kappa shape index (κ1) is 22.9. The lowest BCUT2D eigenvalue weighted by atomic mass is 10.1. The molecule has 0 saturated carbocycles. The van der Waals surface area contributed by atoms with Crippen molar-refractivity contribution in [1.82, 2.24) is 19.1 Å². The van der Waals surface area contributed by atoms with Gasteiger partial charge in [-0.1, -0.05) is 6.07 Å². The fourth-order valence-electron chi connectivity index (χ4n) is 3.32. The average Bonchev–Trinajstić information content (AvgIpc) is 2.78. The summed E-state index contributed by atoms with van der Waals surface area (Å²) in [6, 6.07) is 11.3. The van der Waals surface area contributed by atoms with E-state index in [-0.39, 0.29) is 29.2 Å². The number of piperazine rings is 1. The minimum Gasteiger partial charge on any atom is -0.339 e. The van der Waals surface area contributed by atoms with Crippen LogP contribution in [0.25, 0.3) is 0 Å². The zero-order valence-corrected chi connectivity index (χ0v) is 18.9. The van der Waals surface area contributed by atoms with Gasteiger partial charge in [-0.2, -0.15) is 4.31 Å². The molecular formula is C22H28N4O4S. The molecule has 3 rings (SSSR count). The van der Waals surface area contributed by atoms with Crippen molar-refractivity contribution in [2.24, 2.45) is 0 Å². The first-order valence-corrected chi connectivity index (χ1v) is 11.7. The van der Waals surface area contributed by atoms with Crippen LogP contribution in [0.4, 0.5) is 0 Å². The Morgan fingerprint density at radius 3 is 2.16 bits per heavy atom. The third-order valence-electron chi connectivity index (χ3n) is 5.48. The van der Waals surface area contributed by atoms with Gasteiger partial charge in [-0.05, 0) is 50.2 Å². The number of pyridine rings is 1. The van der Waals surface area contributed by atoms with Crippen LogP contribution in [0, 0.1) is 0 Å². The summed E-state index contributed by atoms with van der Waals surface area (Å²) in [4.78, 5) is 33.1. The highest BCUT2D eigenvalue weighted by Crippen LogP contribution is 2.18. The van der Waals surface area contributed by atoms with Crippen LogP contribution in [0.15, 0.2) is 53.6 Å². The number of hydrogen-bond acceptors (Lipinski definition) is 5. The minimum atomic E-state index is -3.59. The zero-order chi connectivity index (χ0) is 22.6. The Labute approximate surface area is 183 Å². The number of rotatable bonds is 6. The van der Waals surface area contributed by atoms with Gasteiger partial charge in [0.2, 0.25) is 15.9 Å².